The van der Waals surface area contributed by atoms with Crippen LogP contribution in [0.5, 0.6) is 0 Å². The van der Waals surface area contributed by atoms with E-state index < -0.39 is 5.97 Å². The average molecular weight is 291 g/mol. The predicted molar refractivity (Wildman–Crippen MR) is 82.7 cm³/mol. The summed E-state index contributed by atoms with van der Waals surface area (Å²) in [6.07, 6.45) is 1.19. The monoisotopic (exact) mass is 291 g/mol. The summed E-state index contributed by atoms with van der Waals surface area (Å²) in [5, 5.41) is 15.5. The molecule has 122 valence electrons. The molecule has 0 bridgehead atoms. The zero-order valence-corrected chi connectivity index (χ0v) is 14.3. The highest BCUT2D eigenvalue weighted by atomic mass is 16.4. The second-order valence-corrected chi connectivity index (χ2v) is 7.94. The van der Waals surface area contributed by atoms with Gasteiger partial charge in [0.1, 0.15) is 0 Å². The summed E-state index contributed by atoms with van der Waals surface area (Å²) in [6, 6.07) is 0. The molecule has 0 radical (unpaired) electrons. The molecule has 0 unspecified atom stereocenters. The second-order valence-electron chi connectivity index (χ2n) is 7.94. The van der Waals surface area contributed by atoms with Crippen molar-refractivity contribution in [2.45, 2.75) is 73.8 Å². The minimum Gasteiger partial charge on any atom is -0.483 e. The van der Waals surface area contributed by atoms with E-state index in [2.05, 4.69) is 20.8 Å². The Balaban J connectivity index is -0.000000299. The van der Waals surface area contributed by atoms with Gasteiger partial charge in [0, 0.05) is 5.54 Å². The van der Waals surface area contributed by atoms with Crippen molar-refractivity contribution in [3.05, 3.63) is 0 Å². The Morgan fingerprint density at radius 2 is 1.30 bits per heavy atom. The van der Waals surface area contributed by atoms with E-state index >= 15 is 0 Å². The van der Waals surface area contributed by atoms with Crippen molar-refractivity contribution in [2.75, 3.05) is 0 Å². The van der Waals surface area contributed by atoms with Crippen LogP contribution in [0.4, 0.5) is 0 Å². The first kappa shape index (κ1) is 24.0. The molecule has 0 saturated carbocycles. The fourth-order valence-electron chi connectivity index (χ4n) is 1.91. The molecular formula is C15H33NO4. The number of aliphatic carboxylic acids is 1. The third-order valence-corrected chi connectivity index (χ3v) is 1.64. The van der Waals surface area contributed by atoms with Gasteiger partial charge in [-0.3, -0.25) is 9.59 Å². The van der Waals surface area contributed by atoms with E-state index in [0.29, 0.717) is 0 Å². The number of carbonyl (C=O) groups is 2. The van der Waals surface area contributed by atoms with Gasteiger partial charge in [-0.25, -0.2) is 0 Å². The molecule has 5 heteroatoms. The van der Waals surface area contributed by atoms with Crippen LogP contribution in [0.3, 0.4) is 0 Å². The molecule has 4 N–H and O–H groups in total. The van der Waals surface area contributed by atoms with E-state index in [1.807, 2.05) is 34.6 Å². The molecule has 0 heterocycles. The first-order valence-corrected chi connectivity index (χ1v) is 6.62. The zero-order chi connectivity index (χ0) is 17.2. The van der Waals surface area contributed by atoms with Gasteiger partial charge in [0.25, 0.3) is 6.47 Å². The summed E-state index contributed by atoms with van der Waals surface area (Å²) in [7, 11) is 0. The first-order valence-electron chi connectivity index (χ1n) is 6.62. The smallest absolute Gasteiger partial charge is 0.303 e. The molecule has 0 fully saturated rings. The van der Waals surface area contributed by atoms with Gasteiger partial charge in [-0.05, 0) is 38.0 Å². The minimum absolute atomic E-state index is 0. The molecule has 0 amide bonds. The lowest BCUT2D eigenvalue weighted by Gasteiger charge is -2.30. The van der Waals surface area contributed by atoms with Crippen LogP contribution in [0.25, 0.3) is 0 Å². The molecule has 0 aromatic carbocycles. The third-order valence-electron chi connectivity index (χ3n) is 1.64. The van der Waals surface area contributed by atoms with Gasteiger partial charge >= 0.3 is 5.97 Å². The van der Waals surface area contributed by atoms with E-state index in [1.54, 1.807) is 0 Å². The van der Waals surface area contributed by atoms with E-state index in [0.717, 1.165) is 6.42 Å². The summed E-state index contributed by atoms with van der Waals surface area (Å²) in [5.74, 6) is -0.704. The normalized spacial score (nSPS) is 11.4. The first-order chi connectivity index (χ1) is 8.54. The molecule has 0 rings (SSSR count). The van der Waals surface area contributed by atoms with Gasteiger partial charge in [0.2, 0.25) is 0 Å². The van der Waals surface area contributed by atoms with Crippen molar-refractivity contribution in [3.63, 3.8) is 0 Å². The van der Waals surface area contributed by atoms with Crippen LogP contribution in [-0.2, 0) is 9.59 Å². The summed E-state index contributed by atoms with van der Waals surface area (Å²) in [5.41, 5.74) is 5.47. The maximum atomic E-state index is 10.5. The molecule has 0 aliphatic rings. The highest BCUT2D eigenvalue weighted by molar-refractivity contribution is 5.67. The number of hydrogen-bond acceptors (Lipinski definition) is 3. The van der Waals surface area contributed by atoms with Crippen molar-refractivity contribution >= 4 is 12.4 Å². The summed E-state index contributed by atoms with van der Waals surface area (Å²) in [4.78, 5) is 18.9. The molecule has 0 atom stereocenters. The highest BCUT2D eigenvalue weighted by Crippen LogP contribution is 2.35. The molecule has 0 aromatic heterocycles. The maximum absolute atomic E-state index is 10.5. The van der Waals surface area contributed by atoms with Gasteiger partial charge < -0.3 is 15.9 Å². The number of hydrogen-bond donors (Lipinski definition) is 3. The summed E-state index contributed by atoms with van der Waals surface area (Å²) >= 11 is 0. The lowest BCUT2D eigenvalue weighted by Crippen LogP contribution is -2.26. The Hall–Kier alpha value is -1.10. The topological polar surface area (TPSA) is 101 Å². The van der Waals surface area contributed by atoms with Crippen LogP contribution < -0.4 is 5.73 Å². The van der Waals surface area contributed by atoms with Crippen LogP contribution in [-0.4, -0.2) is 28.2 Å². The van der Waals surface area contributed by atoms with Crippen molar-refractivity contribution in [2.24, 2.45) is 16.6 Å². The van der Waals surface area contributed by atoms with Crippen molar-refractivity contribution < 1.29 is 19.8 Å². The molecule has 0 aromatic rings. The molecule has 0 saturated heterocycles. The Labute approximate surface area is 123 Å². The molecule has 0 aliphatic heterocycles. The molecule has 0 aliphatic carbocycles. The van der Waals surface area contributed by atoms with E-state index in [4.69, 9.17) is 20.7 Å². The standard InChI is InChI=1S/C10H20O2.C4H11N.CH2O2/c1-9(2,3)7-10(4,5)6-8(11)12;1-4(2,3)5;2-1-3/h6-7H2,1-5H3,(H,11,12);5H2,1-3H3;1H,(H,2,3). The van der Waals surface area contributed by atoms with Crippen LogP contribution in [0.2, 0.25) is 0 Å². The van der Waals surface area contributed by atoms with Crippen molar-refractivity contribution in [1.29, 1.82) is 0 Å². The third kappa shape index (κ3) is 43.6. The lowest BCUT2D eigenvalue weighted by molar-refractivity contribution is -0.139. The van der Waals surface area contributed by atoms with Crippen LogP contribution in [0, 0.1) is 10.8 Å². The van der Waals surface area contributed by atoms with Gasteiger partial charge in [0.05, 0.1) is 6.42 Å². The van der Waals surface area contributed by atoms with Crippen molar-refractivity contribution in [1.82, 2.24) is 0 Å². The predicted octanol–water partition coefficient (Wildman–Crippen LogP) is 3.37. The van der Waals surface area contributed by atoms with Gasteiger partial charge in [-0.2, -0.15) is 0 Å². The van der Waals surface area contributed by atoms with E-state index in [1.165, 1.54) is 0 Å². The number of carboxylic acids is 1. The number of rotatable bonds is 3. The molecule has 5 nitrogen and oxygen atoms in total. The van der Waals surface area contributed by atoms with E-state index in [-0.39, 0.29) is 29.3 Å². The Kier molecular flexibility index (Phi) is 11.7. The van der Waals surface area contributed by atoms with Crippen molar-refractivity contribution in [3.8, 4) is 0 Å². The van der Waals surface area contributed by atoms with Gasteiger partial charge in [0.15, 0.2) is 0 Å². The number of nitrogens with two attached hydrogens (primary N) is 1. The summed E-state index contributed by atoms with van der Waals surface area (Å²) in [6.45, 7) is 16.1. The summed E-state index contributed by atoms with van der Waals surface area (Å²) < 4.78 is 0. The second kappa shape index (κ2) is 9.75. The average Bonchev–Trinajstić information content (AvgIpc) is 1.91. The lowest BCUT2D eigenvalue weighted by atomic mass is 9.74. The fourth-order valence-corrected chi connectivity index (χ4v) is 1.91. The Bertz CT molecular complexity index is 267. The van der Waals surface area contributed by atoms with Crippen LogP contribution in [0.15, 0.2) is 0 Å². The maximum Gasteiger partial charge on any atom is 0.303 e. The van der Waals surface area contributed by atoms with Crippen LogP contribution in [0.1, 0.15) is 68.2 Å². The highest BCUT2D eigenvalue weighted by Gasteiger charge is 2.27. The Morgan fingerprint density at radius 3 is 1.45 bits per heavy atom. The molecule has 0 spiro atoms. The Morgan fingerprint density at radius 1 is 1.05 bits per heavy atom. The number of carboxylic acid groups (broad SMARTS) is 2. The van der Waals surface area contributed by atoms with E-state index in [9.17, 15) is 4.79 Å². The quantitative estimate of drug-likeness (QED) is 0.692. The largest absolute Gasteiger partial charge is 0.483 e. The van der Waals surface area contributed by atoms with Crippen LogP contribution >= 0.6 is 0 Å². The van der Waals surface area contributed by atoms with Gasteiger partial charge in [-0.1, -0.05) is 34.6 Å². The van der Waals surface area contributed by atoms with Gasteiger partial charge in [-0.15, -0.1) is 0 Å². The fraction of sp³-hybridized carbons (Fsp3) is 0.867. The minimum atomic E-state index is -0.704. The SMILES string of the molecule is CC(C)(C)CC(C)(C)CC(=O)O.CC(C)(C)N.O=CO. The molecule has 20 heavy (non-hydrogen) atoms. The molecular weight excluding hydrogens is 258 g/mol. The zero-order valence-electron chi connectivity index (χ0n) is 14.3.